The Labute approximate surface area is 106 Å². The first-order valence-corrected chi connectivity index (χ1v) is 6.39. The van der Waals surface area contributed by atoms with Gasteiger partial charge >= 0.3 is 0 Å². The molecule has 2 rings (SSSR count). The molecular weight excluding hydrogens is 291 g/mol. The zero-order valence-electron chi connectivity index (χ0n) is 8.65. The second kappa shape index (κ2) is 4.93. The van der Waals surface area contributed by atoms with E-state index in [1.54, 1.807) is 23.5 Å². The predicted octanol–water partition coefficient (Wildman–Crippen LogP) is 3.68. The van der Waals surface area contributed by atoms with E-state index >= 15 is 0 Å². The van der Waals surface area contributed by atoms with E-state index in [0.717, 1.165) is 15.3 Å². The number of thiazole rings is 1. The SMILES string of the molecule is CN(Cc1cccc(F)c1)c1nc(Br)cs1. The zero-order valence-corrected chi connectivity index (χ0v) is 11.1. The van der Waals surface area contributed by atoms with Crippen molar-refractivity contribution in [3.05, 3.63) is 45.6 Å². The minimum absolute atomic E-state index is 0.203. The summed E-state index contributed by atoms with van der Waals surface area (Å²) in [7, 11) is 1.94. The predicted molar refractivity (Wildman–Crippen MR) is 68.3 cm³/mol. The number of aromatic nitrogens is 1. The van der Waals surface area contributed by atoms with Gasteiger partial charge in [0.15, 0.2) is 5.13 Å². The van der Waals surface area contributed by atoms with Crippen LogP contribution in [-0.4, -0.2) is 12.0 Å². The Hall–Kier alpha value is -0.940. The maximum atomic E-state index is 13.0. The molecule has 0 saturated carbocycles. The Balaban J connectivity index is 2.10. The van der Waals surface area contributed by atoms with Crippen LogP contribution in [-0.2, 0) is 6.54 Å². The van der Waals surface area contributed by atoms with Gasteiger partial charge in [0.2, 0.25) is 0 Å². The van der Waals surface area contributed by atoms with Gasteiger partial charge in [0, 0.05) is 19.0 Å². The Morgan fingerprint density at radius 3 is 2.94 bits per heavy atom. The lowest BCUT2D eigenvalue weighted by Gasteiger charge is -2.15. The Morgan fingerprint density at radius 2 is 2.31 bits per heavy atom. The number of nitrogens with zero attached hydrogens (tertiary/aromatic N) is 2. The summed E-state index contributed by atoms with van der Waals surface area (Å²) in [4.78, 5) is 6.29. The van der Waals surface area contributed by atoms with E-state index < -0.39 is 0 Å². The smallest absolute Gasteiger partial charge is 0.186 e. The first-order valence-electron chi connectivity index (χ1n) is 4.72. The minimum Gasteiger partial charge on any atom is -0.347 e. The van der Waals surface area contributed by atoms with Crippen molar-refractivity contribution in [3.63, 3.8) is 0 Å². The van der Waals surface area contributed by atoms with Gasteiger partial charge in [-0.3, -0.25) is 0 Å². The molecule has 1 heterocycles. The van der Waals surface area contributed by atoms with Crippen LogP contribution in [0.3, 0.4) is 0 Å². The molecule has 1 aromatic heterocycles. The zero-order chi connectivity index (χ0) is 11.5. The van der Waals surface area contributed by atoms with Crippen molar-refractivity contribution in [1.82, 2.24) is 4.98 Å². The third kappa shape index (κ3) is 2.80. The molecule has 0 bridgehead atoms. The average molecular weight is 301 g/mol. The first kappa shape index (κ1) is 11.5. The molecule has 0 spiro atoms. The molecule has 16 heavy (non-hydrogen) atoms. The third-order valence-electron chi connectivity index (χ3n) is 2.10. The van der Waals surface area contributed by atoms with Crippen molar-refractivity contribution < 1.29 is 4.39 Å². The van der Waals surface area contributed by atoms with Crippen molar-refractivity contribution >= 4 is 32.4 Å². The van der Waals surface area contributed by atoms with E-state index in [1.165, 1.54) is 6.07 Å². The second-order valence-electron chi connectivity index (χ2n) is 3.44. The van der Waals surface area contributed by atoms with E-state index in [2.05, 4.69) is 20.9 Å². The van der Waals surface area contributed by atoms with Gasteiger partial charge in [0.25, 0.3) is 0 Å². The second-order valence-corrected chi connectivity index (χ2v) is 5.09. The quantitative estimate of drug-likeness (QED) is 0.859. The first-order chi connectivity index (χ1) is 7.65. The van der Waals surface area contributed by atoms with Crippen molar-refractivity contribution in [2.24, 2.45) is 0 Å². The summed E-state index contributed by atoms with van der Waals surface area (Å²) in [5.41, 5.74) is 0.939. The largest absolute Gasteiger partial charge is 0.347 e. The molecule has 0 N–H and O–H groups in total. The van der Waals surface area contributed by atoms with Crippen LogP contribution in [0.4, 0.5) is 9.52 Å². The average Bonchev–Trinajstić information content (AvgIpc) is 2.65. The van der Waals surface area contributed by atoms with Crippen LogP contribution in [0.1, 0.15) is 5.56 Å². The van der Waals surface area contributed by atoms with Crippen LogP contribution in [0, 0.1) is 5.82 Å². The normalized spacial score (nSPS) is 10.4. The fourth-order valence-corrected chi connectivity index (χ4v) is 2.61. The van der Waals surface area contributed by atoms with E-state index in [-0.39, 0.29) is 5.82 Å². The third-order valence-corrected chi connectivity index (χ3v) is 3.76. The summed E-state index contributed by atoms with van der Waals surface area (Å²) in [6, 6.07) is 6.61. The van der Waals surface area contributed by atoms with Gasteiger partial charge in [0.1, 0.15) is 10.4 Å². The van der Waals surface area contributed by atoms with Crippen LogP contribution in [0.5, 0.6) is 0 Å². The summed E-state index contributed by atoms with van der Waals surface area (Å²) in [6.45, 7) is 0.651. The van der Waals surface area contributed by atoms with E-state index in [1.807, 2.05) is 23.4 Å². The van der Waals surface area contributed by atoms with Crippen LogP contribution in [0.2, 0.25) is 0 Å². The van der Waals surface area contributed by atoms with E-state index in [0.29, 0.717) is 6.54 Å². The fraction of sp³-hybridized carbons (Fsp3) is 0.182. The Morgan fingerprint density at radius 1 is 1.50 bits per heavy atom. The Bertz CT molecular complexity index is 486. The molecular formula is C11H10BrFN2S. The van der Waals surface area contributed by atoms with E-state index in [4.69, 9.17) is 0 Å². The molecule has 0 fully saturated rings. The molecule has 0 amide bonds. The highest BCUT2D eigenvalue weighted by molar-refractivity contribution is 9.10. The van der Waals surface area contributed by atoms with Crippen molar-refractivity contribution in [2.75, 3.05) is 11.9 Å². The molecule has 0 unspecified atom stereocenters. The summed E-state index contributed by atoms with van der Waals surface area (Å²) < 4.78 is 13.8. The van der Waals surface area contributed by atoms with Gasteiger partial charge in [-0.1, -0.05) is 12.1 Å². The van der Waals surface area contributed by atoms with Crippen molar-refractivity contribution in [3.8, 4) is 0 Å². The summed E-state index contributed by atoms with van der Waals surface area (Å²) >= 11 is 4.87. The lowest BCUT2D eigenvalue weighted by atomic mass is 10.2. The summed E-state index contributed by atoms with van der Waals surface area (Å²) in [6.07, 6.45) is 0. The highest BCUT2D eigenvalue weighted by Gasteiger charge is 2.06. The molecule has 5 heteroatoms. The van der Waals surface area contributed by atoms with Gasteiger partial charge in [-0.05, 0) is 33.6 Å². The van der Waals surface area contributed by atoms with Crippen molar-refractivity contribution in [1.29, 1.82) is 0 Å². The van der Waals surface area contributed by atoms with Gasteiger partial charge in [-0.15, -0.1) is 11.3 Å². The maximum absolute atomic E-state index is 13.0. The number of rotatable bonds is 3. The Kier molecular flexibility index (Phi) is 3.56. The number of hydrogen-bond donors (Lipinski definition) is 0. The maximum Gasteiger partial charge on any atom is 0.186 e. The summed E-state index contributed by atoms with van der Waals surface area (Å²) in [5, 5.41) is 2.84. The van der Waals surface area contributed by atoms with Crippen molar-refractivity contribution in [2.45, 2.75) is 6.54 Å². The van der Waals surface area contributed by atoms with Crippen LogP contribution in [0.25, 0.3) is 0 Å². The standard InChI is InChI=1S/C11H10BrFN2S/c1-15(11-14-10(12)7-16-11)6-8-3-2-4-9(13)5-8/h2-5,7H,6H2,1H3. The lowest BCUT2D eigenvalue weighted by molar-refractivity contribution is 0.625. The molecule has 0 aliphatic rings. The molecule has 0 saturated heterocycles. The number of benzene rings is 1. The lowest BCUT2D eigenvalue weighted by Crippen LogP contribution is -2.16. The molecule has 2 aromatic rings. The molecule has 0 aliphatic carbocycles. The molecule has 0 atom stereocenters. The fourth-order valence-electron chi connectivity index (χ4n) is 1.40. The van der Waals surface area contributed by atoms with Crippen LogP contribution >= 0.6 is 27.3 Å². The topological polar surface area (TPSA) is 16.1 Å². The van der Waals surface area contributed by atoms with Gasteiger partial charge < -0.3 is 4.90 Å². The highest BCUT2D eigenvalue weighted by atomic mass is 79.9. The summed E-state index contributed by atoms with van der Waals surface area (Å²) in [5.74, 6) is -0.203. The van der Waals surface area contributed by atoms with Gasteiger partial charge in [-0.2, -0.15) is 0 Å². The number of halogens is 2. The van der Waals surface area contributed by atoms with Gasteiger partial charge in [-0.25, -0.2) is 9.37 Å². The molecule has 84 valence electrons. The van der Waals surface area contributed by atoms with Crippen LogP contribution < -0.4 is 4.90 Å². The number of hydrogen-bond acceptors (Lipinski definition) is 3. The molecule has 1 aromatic carbocycles. The highest BCUT2D eigenvalue weighted by Crippen LogP contribution is 2.23. The molecule has 2 nitrogen and oxygen atoms in total. The monoisotopic (exact) mass is 300 g/mol. The van der Waals surface area contributed by atoms with Crippen LogP contribution in [0.15, 0.2) is 34.2 Å². The molecule has 0 aliphatic heterocycles. The molecule has 0 radical (unpaired) electrons. The van der Waals surface area contributed by atoms with Gasteiger partial charge in [0.05, 0.1) is 0 Å². The number of anilines is 1. The minimum atomic E-state index is -0.203. The van der Waals surface area contributed by atoms with E-state index in [9.17, 15) is 4.39 Å².